The monoisotopic (exact) mass is 308 g/mol. The summed E-state index contributed by atoms with van der Waals surface area (Å²) < 4.78 is 0.971. The van der Waals surface area contributed by atoms with Gasteiger partial charge >= 0.3 is 0 Å². The maximum absolute atomic E-state index is 9.24. The minimum Gasteiger partial charge on any atom is -0.192 e. The second kappa shape index (κ2) is 6.00. The van der Waals surface area contributed by atoms with Crippen molar-refractivity contribution >= 4 is 27.6 Å². The average Bonchev–Trinajstić information content (AvgIpc) is 2.45. The number of benzene rings is 2. The Morgan fingerprint density at radius 2 is 1.79 bits per heavy atom. The summed E-state index contributed by atoms with van der Waals surface area (Å²) in [5, 5.41) is 18.0. The summed E-state index contributed by atoms with van der Waals surface area (Å²) in [5.41, 5.74) is 2.92. The highest BCUT2D eigenvalue weighted by Crippen LogP contribution is 2.20. The second-order valence-electron chi connectivity index (χ2n) is 3.91. The fraction of sp³-hybridized carbons (Fsp3) is 0. The van der Waals surface area contributed by atoms with Crippen molar-refractivity contribution in [2.24, 2.45) is 0 Å². The molecule has 2 rings (SSSR count). The lowest BCUT2D eigenvalue weighted by Gasteiger charge is -2.00. The van der Waals surface area contributed by atoms with Crippen LogP contribution in [0.25, 0.3) is 11.6 Å². The second-order valence-corrected chi connectivity index (χ2v) is 4.83. The van der Waals surface area contributed by atoms with Gasteiger partial charge in [-0.25, -0.2) is 0 Å². The standard InChI is InChI=1S/C16H9BrN2/c17-16-3-1-2-13(9-16)8-15(11-19)14-6-4-12(10-18)5-7-14/h1-9H. The molecule has 90 valence electrons. The summed E-state index contributed by atoms with van der Waals surface area (Å²) in [6, 6.07) is 19.0. The minimum atomic E-state index is 0.572. The first kappa shape index (κ1) is 13.1. The van der Waals surface area contributed by atoms with Gasteiger partial charge in [0.1, 0.15) is 0 Å². The maximum Gasteiger partial charge on any atom is 0.0998 e. The molecule has 0 heterocycles. The highest BCUT2D eigenvalue weighted by molar-refractivity contribution is 9.10. The Morgan fingerprint density at radius 3 is 2.37 bits per heavy atom. The molecular weight excluding hydrogens is 300 g/mol. The maximum atomic E-state index is 9.24. The van der Waals surface area contributed by atoms with Crippen molar-refractivity contribution in [3.63, 3.8) is 0 Å². The molecule has 2 aromatic rings. The summed E-state index contributed by atoms with van der Waals surface area (Å²) in [5.74, 6) is 0. The van der Waals surface area contributed by atoms with E-state index in [0.29, 0.717) is 11.1 Å². The Labute approximate surface area is 120 Å². The molecule has 0 spiro atoms. The van der Waals surface area contributed by atoms with Crippen molar-refractivity contribution in [1.82, 2.24) is 0 Å². The third-order valence-electron chi connectivity index (χ3n) is 2.61. The van der Waals surface area contributed by atoms with Crippen molar-refractivity contribution in [3.8, 4) is 12.1 Å². The van der Waals surface area contributed by atoms with Crippen molar-refractivity contribution in [2.75, 3.05) is 0 Å². The van der Waals surface area contributed by atoms with E-state index in [9.17, 15) is 5.26 Å². The number of nitrogens with zero attached hydrogens (tertiary/aromatic N) is 2. The molecule has 2 aromatic carbocycles. The SMILES string of the molecule is N#CC(=Cc1cccc(Br)c1)c1ccc(C#N)cc1. The Morgan fingerprint density at radius 1 is 1.05 bits per heavy atom. The van der Waals surface area contributed by atoms with Crippen molar-refractivity contribution in [1.29, 1.82) is 10.5 Å². The molecule has 0 unspecified atom stereocenters. The van der Waals surface area contributed by atoms with Crippen LogP contribution >= 0.6 is 15.9 Å². The molecule has 0 fully saturated rings. The molecule has 0 saturated heterocycles. The normalized spacial score (nSPS) is 10.6. The lowest BCUT2D eigenvalue weighted by Crippen LogP contribution is -1.83. The third kappa shape index (κ3) is 3.31. The van der Waals surface area contributed by atoms with Crippen LogP contribution < -0.4 is 0 Å². The van der Waals surface area contributed by atoms with Gasteiger partial charge in [-0.1, -0.05) is 40.2 Å². The Balaban J connectivity index is 2.40. The quantitative estimate of drug-likeness (QED) is 0.610. The molecule has 19 heavy (non-hydrogen) atoms. The van der Waals surface area contributed by atoms with E-state index >= 15 is 0 Å². The zero-order valence-corrected chi connectivity index (χ0v) is 11.6. The molecule has 0 aliphatic heterocycles. The largest absolute Gasteiger partial charge is 0.192 e. The number of hydrogen-bond acceptors (Lipinski definition) is 2. The van der Waals surface area contributed by atoms with E-state index in [1.165, 1.54) is 0 Å². The first-order valence-electron chi connectivity index (χ1n) is 5.61. The predicted octanol–water partition coefficient (Wildman–Crippen LogP) is 4.38. The van der Waals surface area contributed by atoms with Crippen LogP contribution in [0.1, 0.15) is 16.7 Å². The first-order chi connectivity index (χ1) is 9.22. The number of allylic oxidation sites excluding steroid dienone is 1. The van der Waals surface area contributed by atoms with Gasteiger partial charge < -0.3 is 0 Å². The van der Waals surface area contributed by atoms with Gasteiger partial charge in [-0.05, 0) is 41.5 Å². The molecule has 0 aliphatic carbocycles. The molecular formula is C16H9BrN2. The molecule has 0 amide bonds. The molecule has 0 N–H and O–H groups in total. The number of rotatable bonds is 2. The van der Waals surface area contributed by atoms with Gasteiger partial charge in [-0.15, -0.1) is 0 Å². The Hall–Kier alpha value is -2.36. The first-order valence-corrected chi connectivity index (χ1v) is 6.40. The zero-order chi connectivity index (χ0) is 13.7. The fourth-order valence-corrected chi connectivity index (χ4v) is 2.08. The fourth-order valence-electron chi connectivity index (χ4n) is 1.67. The molecule has 0 aromatic heterocycles. The lowest BCUT2D eigenvalue weighted by atomic mass is 10.0. The van der Waals surface area contributed by atoms with Crippen LogP contribution in [0.3, 0.4) is 0 Å². The Bertz CT molecular complexity index is 701. The van der Waals surface area contributed by atoms with Crippen molar-refractivity contribution in [2.45, 2.75) is 0 Å². The van der Waals surface area contributed by atoms with Crippen LogP contribution in [0.2, 0.25) is 0 Å². The topological polar surface area (TPSA) is 47.6 Å². The molecule has 0 bridgehead atoms. The van der Waals surface area contributed by atoms with Gasteiger partial charge in [0.05, 0.1) is 23.3 Å². The van der Waals surface area contributed by atoms with Crippen LogP contribution in [0.5, 0.6) is 0 Å². The van der Waals surface area contributed by atoms with E-state index in [0.717, 1.165) is 15.6 Å². The summed E-state index contributed by atoms with van der Waals surface area (Å²) in [6.45, 7) is 0. The van der Waals surface area contributed by atoms with E-state index in [2.05, 4.69) is 28.1 Å². The number of nitriles is 2. The minimum absolute atomic E-state index is 0.572. The van der Waals surface area contributed by atoms with E-state index in [4.69, 9.17) is 5.26 Å². The van der Waals surface area contributed by atoms with Gasteiger partial charge in [0.15, 0.2) is 0 Å². The van der Waals surface area contributed by atoms with Crippen molar-refractivity contribution in [3.05, 3.63) is 69.7 Å². The molecule has 0 aliphatic rings. The highest BCUT2D eigenvalue weighted by Gasteiger charge is 2.01. The summed E-state index contributed by atoms with van der Waals surface area (Å²) in [6.07, 6.45) is 1.83. The Kier molecular flexibility index (Phi) is 4.13. The van der Waals surface area contributed by atoms with E-state index in [1.807, 2.05) is 30.3 Å². The van der Waals surface area contributed by atoms with Gasteiger partial charge in [0.25, 0.3) is 0 Å². The van der Waals surface area contributed by atoms with Crippen molar-refractivity contribution < 1.29 is 0 Å². The van der Waals surface area contributed by atoms with Crippen LogP contribution in [0.15, 0.2) is 53.0 Å². The summed E-state index contributed by atoms with van der Waals surface area (Å²) >= 11 is 3.40. The van der Waals surface area contributed by atoms with Gasteiger partial charge in [0, 0.05) is 4.47 Å². The van der Waals surface area contributed by atoms with Crippen LogP contribution in [-0.2, 0) is 0 Å². The highest BCUT2D eigenvalue weighted by atomic mass is 79.9. The smallest absolute Gasteiger partial charge is 0.0998 e. The third-order valence-corrected chi connectivity index (χ3v) is 3.10. The zero-order valence-electron chi connectivity index (χ0n) is 9.97. The molecule has 2 nitrogen and oxygen atoms in total. The molecule has 0 radical (unpaired) electrons. The van der Waals surface area contributed by atoms with Gasteiger partial charge in [-0.3, -0.25) is 0 Å². The molecule has 0 atom stereocenters. The predicted molar refractivity (Wildman–Crippen MR) is 78.8 cm³/mol. The number of hydrogen-bond donors (Lipinski definition) is 0. The molecule has 3 heteroatoms. The van der Waals surface area contributed by atoms with E-state index in [-0.39, 0.29) is 0 Å². The van der Waals surface area contributed by atoms with Crippen LogP contribution in [-0.4, -0.2) is 0 Å². The van der Waals surface area contributed by atoms with E-state index < -0.39 is 0 Å². The lowest BCUT2D eigenvalue weighted by molar-refractivity contribution is 1.47. The molecule has 0 saturated carbocycles. The van der Waals surface area contributed by atoms with Crippen LogP contribution in [0, 0.1) is 22.7 Å². The van der Waals surface area contributed by atoms with Gasteiger partial charge in [0.2, 0.25) is 0 Å². The van der Waals surface area contributed by atoms with E-state index in [1.54, 1.807) is 24.3 Å². The number of halogens is 1. The van der Waals surface area contributed by atoms with Gasteiger partial charge in [-0.2, -0.15) is 10.5 Å². The van der Waals surface area contributed by atoms with Crippen LogP contribution in [0.4, 0.5) is 0 Å². The summed E-state index contributed by atoms with van der Waals surface area (Å²) in [7, 11) is 0. The summed E-state index contributed by atoms with van der Waals surface area (Å²) in [4.78, 5) is 0. The average molecular weight is 309 g/mol.